The second-order valence-corrected chi connectivity index (χ2v) is 5.99. The lowest BCUT2D eigenvalue weighted by molar-refractivity contribution is 0.571. The Balaban J connectivity index is 1.58. The van der Waals surface area contributed by atoms with E-state index in [9.17, 15) is 0 Å². The summed E-state index contributed by atoms with van der Waals surface area (Å²) >= 11 is 0. The van der Waals surface area contributed by atoms with Gasteiger partial charge in [0.2, 0.25) is 0 Å². The zero-order chi connectivity index (χ0) is 16.1. The molecule has 1 atom stereocenters. The van der Waals surface area contributed by atoms with Crippen LogP contribution in [-0.2, 0) is 13.1 Å². The molecule has 3 rings (SSSR count). The smallest absolute Gasteiger partial charge is 0.0659 e. The molecule has 0 saturated carbocycles. The molecule has 0 aliphatic rings. The summed E-state index contributed by atoms with van der Waals surface area (Å²) in [5.41, 5.74) is 5.15. The Labute approximate surface area is 138 Å². The Bertz CT molecular complexity index is 746. The molecule has 23 heavy (non-hydrogen) atoms. The number of aromatic nitrogens is 2. The van der Waals surface area contributed by atoms with Crippen molar-refractivity contribution in [2.45, 2.75) is 33.0 Å². The molecule has 3 nitrogen and oxygen atoms in total. The molecule has 3 aromatic rings. The van der Waals surface area contributed by atoms with Crippen LogP contribution in [0, 0.1) is 6.92 Å². The maximum atomic E-state index is 4.46. The molecule has 0 fully saturated rings. The number of benzene rings is 2. The Morgan fingerprint density at radius 2 is 1.74 bits per heavy atom. The van der Waals surface area contributed by atoms with E-state index in [0.29, 0.717) is 6.04 Å². The fourth-order valence-electron chi connectivity index (χ4n) is 2.81. The Hall–Kier alpha value is -2.39. The van der Waals surface area contributed by atoms with Gasteiger partial charge < -0.3 is 5.32 Å². The van der Waals surface area contributed by atoms with Crippen molar-refractivity contribution >= 4 is 0 Å². The van der Waals surface area contributed by atoms with E-state index in [4.69, 9.17) is 0 Å². The molecular formula is C20H23N3. The lowest BCUT2D eigenvalue weighted by Gasteiger charge is -2.15. The van der Waals surface area contributed by atoms with Gasteiger partial charge in [-0.05, 0) is 30.5 Å². The number of nitrogens with one attached hydrogen (secondary N) is 1. The summed E-state index contributed by atoms with van der Waals surface area (Å²) in [6.07, 6.45) is 4.06. The fraction of sp³-hybridized carbons (Fsp3) is 0.250. The van der Waals surface area contributed by atoms with Gasteiger partial charge in [-0.3, -0.25) is 4.68 Å². The van der Waals surface area contributed by atoms with Crippen molar-refractivity contribution < 1.29 is 0 Å². The molecule has 0 radical (unpaired) electrons. The van der Waals surface area contributed by atoms with Gasteiger partial charge in [0, 0.05) is 24.3 Å². The van der Waals surface area contributed by atoms with E-state index < -0.39 is 0 Å². The van der Waals surface area contributed by atoms with Crippen LogP contribution in [0.2, 0.25) is 0 Å². The predicted molar refractivity (Wildman–Crippen MR) is 94.2 cm³/mol. The highest BCUT2D eigenvalue weighted by atomic mass is 15.3. The van der Waals surface area contributed by atoms with E-state index >= 15 is 0 Å². The van der Waals surface area contributed by atoms with Gasteiger partial charge in [0.15, 0.2) is 0 Å². The minimum absolute atomic E-state index is 0.327. The van der Waals surface area contributed by atoms with Crippen LogP contribution < -0.4 is 5.32 Å². The Morgan fingerprint density at radius 1 is 1.00 bits per heavy atom. The first-order chi connectivity index (χ1) is 11.2. The van der Waals surface area contributed by atoms with Crippen molar-refractivity contribution in [1.29, 1.82) is 0 Å². The average Bonchev–Trinajstić information content (AvgIpc) is 3.01. The van der Waals surface area contributed by atoms with E-state index in [1.807, 2.05) is 16.9 Å². The van der Waals surface area contributed by atoms with Gasteiger partial charge in [0.05, 0.1) is 12.7 Å². The molecule has 1 unspecified atom stereocenters. The molecule has 118 valence electrons. The summed E-state index contributed by atoms with van der Waals surface area (Å²) in [6, 6.07) is 19.3. The summed E-state index contributed by atoms with van der Waals surface area (Å²) in [7, 11) is 0. The lowest BCUT2D eigenvalue weighted by Crippen LogP contribution is -2.18. The van der Waals surface area contributed by atoms with E-state index in [1.165, 1.54) is 22.3 Å². The summed E-state index contributed by atoms with van der Waals surface area (Å²) in [5.74, 6) is 0. The number of rotatable bonds is 6. The highest BCUT2D eigenvalue weighted by molar-refractivity contribution is 5.28. The third kappa shape index (κ3) is 4.08. The van der Waals surface area contributed by atoms with Crippen LogP contribution in [0.5, 0.6) is 0 Å². The molecule has 0 aliphatic carbocycles. The molecular weight excluding hydrogens is 282 g/mol. The summed E-state index contributed by atoms with van der Waals surface area (Å²) in [4.78, 5) is 0. The topological polar surface area (TPSA) is 29.9 Å². The van der Waals surface area contributed by atoms with Crippen molar-refractivity contribution in [1.82, 2.24) is 15.1 Å². The van der Waals surface area contributed by atoms with Gasteiger partial charge in [0.1, 0.15) is 0 Å². The summed E-state index contributed by atoms with van der Waals surface area (Å²) in [5, 5.41) is 8.04. The third-order valence-electron chi connectivity index (χ3n) is 4.14. The molecule has 0 amide bonds. The number of nitrogens with zero attached hydrogens (tertiary/aromatic N) is 2. The van der Waals surface area contributed by atoms with Gasteiger partial charge in [0.25, 0.3) is 0 Å². The third-order valence-corrected chi connectivity index (χ3v) is 4.14. The average molecular weight is 305 g/mol. The number of hydrogen-bond acceptors (Lipinski definition) is 2. The first kappa shape index (κ1) is 15.5. The van der Waals surface area contributed by atoms with Crippen LogP contribution in [0.15, 0.2) is 67.0 Å². The predicted octanol–water partition coefficient (Wildman–Crippen LogP) is 4.09. The monoisotopic (exact) mass is 305 g/mol. The minimum atomic E-state index is 0.327. The highest BCUT2D eigenvalue weighted by Gasteiger charge is 2.08. The maximum absolute atomic E-state index is 4.46. The quantitative estimate of drug-likeness (QED) is 0.743. The molecule has 1 N–H and O–H groups in total. The molecule has 1 heterocycles. The van der Waals surface area contributed by atoms with Gasteiger partial charge in [-0.15, -0.1) is 0 Å². The van der Waals surface area contributed by atoms with E-state index in [1.54, 1.807) is 0 Å². The van der Waals surface area contributed by atoms with Crippen LogP contribution >= 0.6 is 0 Å². The molecule has 0 saturated heterocycles. The zero-order valence-electron chi connectivity index (χ0n) is 13.7. The van der Waals surface area contributed by atoms with E-state index in [-0.39, 0.29) is 0 Å². The molecule has 2 aromatic carbocycles. The van der Waals surface area contributed by atoms with Crippen molar-refractivity contribution in [3.63, 3.8) is 0 Å². The largest absolute Gasteiger partial charge is 0.306 e. The Kier molecular flexibility index (Phi) is 4.89. The van der Waals surface area contributed by atoms with Crippen LogP contribution in [0.1, 0.15) is 35.2 Å². The van der Waals surface area contributed by atoms with Crippen molar-refractivity contribution in [3.05, 3.63) is 89.2 Å². The maximum Gasteiger partial charge on any atom is 0.0659 e. The lowest BCUT2D eigenvalue weighted by atomic mass is 10.0. The Morgan fingerprint density at radius 3 is 2.52 bits per heavy atom. The summed E-state index contributed by atoms with van der Waals surface area (Å²) < 4.78 is 1.99. The van der Waals surface area contributed by atoms with E-state index in [2.05, 4.69) is 79.0 Å². The van der Waals surface area contributed by atoms with E-state index in [0.717, 1.165) is 13.1 Å². The second kappa shape index (κ2) is 7.25. The molecule has 3 heteroatoms. The van der Waals surface area contributed by atoms with Gasteiger partial charge in [-0.2, -0.15) is 5.10 Å². The van der Waals surface area contributed by atoms with Gasteiger partial charge in [-0.1, -0.05) is 54.6 Å². The van der Waals surface area contributed by atoms with Crippen LogP contribution in [0.4, 0.5) is 0 Å². The van der Waals surface area contributed by atoms with Crippen LogP contribution in [-0.4, -0.2) is 9.78 Å². The summed E-state index contributed by atoms with van der Waals surface area (Å²) in [6.45, 7) is 6.00. The number of hydrogen-bond donors (Lipinski definition) is 1. The van der Waals surface area contributed by atoms with Crippen LogP contribution in [0.3, 0.4) is 0 Å². The normalized spacial score (nSPS) is 12.3. The molecule has 0 aliphatic heterocycles. The second-order valence-electron chi connectivity index (χ2n) is 5.99. The van der Waals surface area contributed by atoms with Crippen LogP contribution in [0.25, 0.3) is 0 Å². The first-order valence-electron chi connectivity index (χ1n) is 8.06. The highest BCUT2D eigenvalue weighted by Crippen LogP contribution is 2.17. The van der Waals surface area contributed by atoms with Gasteiger partial charge >= 0.3 is 0 Å². The molecule has 0 bridgehead atoms. The minimum Gasteiger partial charge on any atom is -0.306 e. The fourth-order valence-corrected chi connectivity index (χ4v) is 2.81. The standard InChI is InChI=1S/C20H23N3/c1-16-8-6-7-11-20(16)17(2)21-12-19-13-22-23(15-19)14-18-9-4-3-5-10-18/h3-11,13,15,17,21H,12,14H2,1-2H3. The van der Waals surface area contributed by atoms with Crippen molar-refractivity contribution in [3.8, 4) is 0 Å². The zero-order valence-corrected chi connectivity index (χ0v) is 13.7. The SMILES string of the molecule is Cc1ccccc1C(C)NCc1cnn(Cc2ccccc2)c1. The van der Waals surface area contributed by atoms with Crippen molar-refractivity contribution in [2.24, 2.45) is 0 Å². The number of aryl methyl sites for hydroxylation is 1. The molecule has 0 spiro atoms. The molecule has 1 aromatic heterocycles. The first-order valence-corrected chi connectivity index (χ1v) is 8.06. The van der Waals surface area contributed by atoms with Gasteiger partial charge in [-0.25, -0.2) is 0 Å². The van der Waals surface area contributed by atoms with Crippen molar-refractivity contribution in [2.75, 3.05) is 0 Å².